The lowest BCUT2D eigenvalue weighted by Gasteiger charge is -2.08. The van der Waals surface area contributed by atoms with E-state index in [1.807, 2.05) is 0 Å². The maximum Gasteiger partial charge on any atom is 0.191 e. The maximum atomic E-state index is 13.1. The Bertz CT molecular complexity index is 823. The Kier molecular flexibility index (Phi) is 5.21. The average molecular weight is 348 g/mol. The molecule has 1 aromatic carbocycles. The number of nitrogens with zero attached hydrogens (tertiary/aromatic N) is 5. The van der Waals surface area contributed by atoms with E-state index in [2.05, 4.69) is 32.5 Å². The van der Waals surface area contributed by atoms with Crippen molar-refractivity contribution in [3.8, 4) is 0 Å². The van der Waals surface area contributed by atoms with Gasteiger partial charge in [-0.2, -0.15) is 0 Å². The van der Waals surface area contributed by atoms with Gasteiger partial charge in [0, 0.05) is 11.4 Å². The molecule has 24 heavy (non-hydrogen) atoms. The highest BCUT2D eigenvalue weighted by molar-refractivity contribution is 7.99. The van der Waals surface area contributed by atoms with Crippen molar-refractivity contribution in [3.05, 3.63) is 30.1 Å². The van der Waals surface area contributed by atoms with Crippen LogP contribution in [0, 0.1) is 5.82 Å². The van der Waals surface area contributed by atoms with Crippen LogP contribution in [-0.2, 0) is 6.54 Å². The van der Waals surface area contributed by atoms with E-state index in [4.69, 9.17) is 5.11 Å². The van der Waals surface area contributed by atoms with Crippen LogP contribution in [-0.4, -0.2) is 42.4 Å². The van der Waals surface area contributed by atoms with Gasteiger partial charge in [0.05, 0.1) is 13.2 Å². The molecule has 126 valence electrons. The molecule has 2 N–H and O–H groups in total. The van der Waals surface area contributed by atoms with Crippen LogP contribution in [0.3, 0.4) is 0 Å². The molecular weight excluding hydrogens is 331 g/mol. The van der Waals surface area contributed by atoms with Crippen LogP contribution >= 0.6 is 11.8 Å². The van der Waals surface area contributed by atoms with Crippen molar-refractivity contribution < 1.29 is 9.50 Å². The highest BCUT2D eigenvalue weighted by atomic mass is 32.2. The van der Waals surface area contributed by atoms with E-state index in [0.717, 1.165) is 12.2 Å². The maximum absolute atomic E-state index is 13.1. The fourth-order valence-electron chi connectivity index (χ4n) is 2.10. The Balaban J connectivity index is 2.01. The molecular formula is C15H17FN6OS. The SMILES string of the molecule is CCCSc1nc(Nc2ccc(F)cc2)c2nnn(CCO)c2n1. The monoisotopic (exact) mass is 348 g/mol. The highest BCUT2D eigenvalue weighted by Crippen LogP contribution is 2.25. The number of aliphatic hydroxyl groups is 1. The molecule has 0 aliphatic rings. The first-order valence-electron chi connectivity index (χ1n) is 7.58. The molecule has 0 fully saturated rings. The van der Waals surface area contributed by atoms with Crippen LogP contribution < -0.4 is 5.32 Å². The number of thioether (sulfide) groups is 1. The average Bonchev–Trinajstić information content (AvgIpc) is 2.99. The topological polar surface area (TPSA) is 88.8 Å². The molecule has 0 atom stereocenters. The van der Waals surface area contributed by atoms with Gasteiger partial charge < -0.3 is 10.4 Å². The number of anilines is 2. The van der Waals surface area contributed by atoms with Crippen molar-refractivity contribution in [2.75, 3.05) is 17.7 Å². The second-order valence-electron chi connectivity index (χ2n) is 5.04. The molecule has 0 amide bonds. The fraction of sp³-hybridized carbons (Fsp3) is 0.333. The largest absolute Gasteiger partial charge is 0.394 e. The zero-order valence-electron chi connectivity index (χ0n) is 13.1. The molecule has 3 rings (SSSR count). The zero-order chi connectivity index (χ0) is 16.9. The third-order valence-electron chi connectivity index (χ3n) is 3.20. The van der Waals surface area contributed by atoms with Gasteiger partial charge in [0.2, 0.25) is 0 Å². The first-order chi connectivity index (χ1) is 11.7. The number of benzene rings is 1. The van der Waals surface area contributed by atoms with Gasteiger partial charge in [-0.05, 0) is 30.7 Å². The highest BCUT2D eigenvalue weighted by Gasteiger charge is 2.15. The number of fused-ring (bicyclic) bond motifs is 1. The number of rotatable bonds is 7. The lowest BCUT2D eigenvalue weighted by atomic mass is 10.3. The van der Waals surface area contributed by atoms with Gasteiger partial charge in [0.1, 0.15) is 5.82 Å². The lowest BCUT2D eigenvalue weighted by Crippen LogP contribution is -2.06. The van der Waals surface area contributed by atoms with Crippen LogP contribution in [0.2, 0.25) is 0 Å². The summed E-state index contributed by atoms with van der Waals surface area (Å²) >= 11 is 1.54. The van der Waals surface area contributed by atoms with Crippen LogP contribution in [0.25, 0.3) is 11.2 Å². The van der Waals surface area contributed by atoms with E-state index in [1.165, 1.54) is 23.9 Å². The third kappa shape index (κ3) is 3.62. The fourth-order valence-corrected chi connectivity index (χ4v) is 2.79. The summed E-state index contributed by atoms with van der Waals surface area (Å²) in [4.78, 5) is 8.98. The van der Waals surface area contributed by atoms with Crippen molar-refractivity contribution in [1.82, 2.24) is 25.0 Å². The molecule has 0 unspecified atom stereocenters. The minimum Gasteiger partial charge on any atom is -0.394 e. The lowest BCUT2D eigenvalue weighted by molar-refractivity contribution is 0.270. The second-order valence-corrected chi connectivity index (χ2v) is 6.11. The predicted molar refractivity (Wildman–Crippen MR) is 90.9 cm³/mol. The molecule has 3 aromatic rings. The van der Waals surface area contributed by atoms with E-state index in [1.54, 1.807) is 16.8 Å². The molecule has 2 heterocycles. The summed E-state index contributed by atoms with van der Waals surface area (Å²) in [6, 6.07) is 5.99. The van der Waals surface area contributed by atoms with Crippen molar-refractivity contribution >= 4 is 34.4 Å². The Labute approximate surface area is 142 Å². The smallest absolute Gasteiger partial charge is 0.191 e. The molecule has 2 aromatic heterocycles. The van der Waals surface area contributed by atoms with Gasteiger partial charge in [-0.1, -0.05) is 23.9 Å². The van der Waals surface area contributed by atoms with E-state index < -0.39 is 0 Å². The Morgan fingerprint density at radius 2 is 2.04 bits per heavy atom. The summed E-state index contributed by atoms with van der Waals surface area (Å²) in [5.74, 6) is 1.10. The molecule has 7 nitrogen and oxygen atoms in total. The molecule has 0 bridgehead atoms. The zero-order valence-corrected chi connectivity index (χ0v) is 13.9. The van der Waals surface area contributed by atoms with Crippen molar-refractivity contribution in [2.24, 2.45) is 0 Å². The summed E-state index contributed by atoms with van der Waals surface area (Å²) in [6.07, 6.45) is 1.00. The van der Waals surface area contributed by atoms with Crippen LogP contribution in [0.15, 0.2) is 29.4 Å². The normalized spacial score (nSPS) is 11.1. The molecule has 0 saturated carbocycles. The second kappa shape index (κ2) is 7.54. The molecule has 0 spiro atoms. The van der Waals surface area contributed by atoms with E-state index in [0.29, 0.717) is 34.4 Å². The Morgan fingerprint density at radius 1 is 1.25 bits per heavy atom. The number of hydrogen-bond acceptors (Lipinski definition) is 7. The molecule has 0 aliphatic carbocycles. The van der Waals surface area contributed by atoms with Crippen LogP contribution in [0.4, 0.5) is 15.9 Å². The van der Waals surface area contributed by atoms with Gasteiger partial charge in [0.15, 0.2) is 22.1 Å². The van der Waals surface area contributed by atoms with E-state index >= 15 is 0 Å². The summed E-state index contributed by atoms with van der Waals surface area (Å²) in [7, 11) is 0. The van der Waals surface area contributed by atoms with Crippen molar-refractivity contribution in [2.45, 2.75) is 25.0 Å². The quantitative estimate of drug-likeness (QED) is 0.501. The number of hydrogen-bond donors (Lipinski definition) is 2. The van der Waals surface area contributed by atoms with Gasteiger partial charge in [-0.3, -0.25) is 0 Å². The minimum atomic E-state index is -0.304. The third-order valence-corrected chi connectivity index (χ3v) is 4.25. The molecule has 0 radical (unpaired) electrons. The number of aromatic nitrogens is 5. The van der Waals surface area contributed by atoms with Crippen molar-refractivity contribution in [1.29, 1.82) is 0 Å². The van der Waals surface area contributed by atoms with Gasteiger partial charge in [-0.15, -0.1) is 5.10 Å². The Hall–Kier alpha value is -2.26. The van der Waals surface area contributed by atoms with Gasteiger partial charge in [-0.25, -0.2) is 19.0 Å². The van der Waals surface area contributed by atoms with Gasteiger partial charge in [0.25, 0.3) is 0 Å². The summed E-state index contributed by atoms with van der Waals surface area (Å²) < 4.78 is 14.6. The van der Waals surface area contributed by atoms with E-state index in [-0.39, 0.29) is 12.4 Å². The number of aliphatic hydroxyl groups excluding tert-OH is 1. The minimum absolute atomic E-state index is 0.0549. The number of halogens is 1. The summed E-state index contributed by atoms with van der Waals surface area (Å²) in [6.45, 7) is 2.34. The molecule has 0 saturated heterocycles. The number of nitrogens with one attached hydrogen (secondary N) is 1. The first kappa shape index (κ1) is 16.6. The van der Waals surface area contributed by atoms with Gasteiger partial charge >= 0.3 is 0 Å². The van der Waals surface area contributed by atoms with E-state index in [9.17, 15) is 4.39 Å². The van der Waals surface area contributed by atoms with Crippen LogP contribution in [0.5, 0.6) is 0 Å². The predicted octanol–water partition coefficient (Wildman–Crippen LogP) is 2.60. The van der Waals surface area contributed by atoms with Crippen LogP contribution in [0.1, 0.15) is 13.3 Å². The molecule has 0 aliphatic heterocycles. The molecule has 9 heteroatoms. The van der Waals surface area contributed by atoms with Crippen molar-refractivity contribution in [3.63, 3.8) is 0 Å². The first-order valence-corrected chi connectivity index (χ1v) is 8.57. The summed E-state index contributed by atoms with van der Waals surface area (Å²) in [5, 5.41) is 21.0. The summed E-state index contributed by atoms with van der Waals surface area (Å²) in [5.41, 5.74) is 1.76. The standard InChI is InChI=1S/C15H17FN6OS/c1-2-9-24-15-18-13(17-11-5-3-10(16)4-6-11)12-14(19-15)22(7-8-23)21-20-12/h3-6,23H,2,7-9H2,1H3,(H,17,18,19). The Morgan fingerprint density at radius 3 is 2.75 bits per heavy atom.